The first kappa shape index (κ1) is 20.6. The Morgan fingerprint density at radius 3 is 1.29 bits per heavy atom. The van der Waals surface area contributed by atoms with Crippen molar-refractivity contribution in [2.45, 2.75) is 0 Å². The summed E-state index contributed by atoms with van der Waals surface area (Å²) in [7, 11) is 0. The van der Waals surface area contributed by atoms with Gasteiger partial charge in [0.25, 0.3) is 11.8 Å². The van der Waals surface area contributed by atoms with Crippen LogP contribution in [0, 0.1) is 0 Å². The average molecular weight is 423 g/mol. The van der Waals surface area contributed by atoms with E-state index in [0.29, 0.717) is 5.56 Å². The smallest absolute Gasteiger partial charge is 0.258 e. The molecular weight excluding hydrogens is 401 g/mol. The summed E-state index contributed by atoms with van der Waals surface area (Å²) in [5, 5.41) is 5.71. The van der Waals surface area contributed by atoms with E-state index in [-0.39, 0.29) is 0 Å². The summed E-state index contributed by atoms with van der Waals surface area (Å²) in [5.74, 6) is 0.904. The highest BCUT2D eigenvalue weighted by Gasteiger charge is 2.26. The van der Waals surface area contributed by atoms with Crippen molar-refractivity contribution in [2.75, 3.05) is 0 Å². The Hall–Kier alpha value is -3.68. The fraction of sp³-hybridized carbons (Fsp3) is 0. The van der Waals surface area contributed by atoms with Gasteiger partial charge in [-0.3, -0.25) is 14.9 Å². The summed E-state index contributed by atoms with van der Waals surface area (Å²) >= 11 is 0. The topological polar surface area (TPSA) is 46.2 Å². The van der Waals surface area contributed by atoms with Gasteiger partial charge in [0.15, 0.2) is 0 Å². The van der Waals surface area contributed by atoms with E-state index in [1.54, 1.807) is 30.1 Å². The highest BCUT2D eigenvalue weighted by atomic mass is 31.2. The van der Waals surface area contributed by atoms with Gasteiger partial charge in [-0.15, -0.1) is 0 Å². The first-order valence-corrected chi connectivity index (χ1v) is 11.9. The molecule has 4 aromatic rings. The van der Waals surface area contributed by atoms with Crippen LogP contribution >= 0.6 is 6.89 Å². The standard InChI is InChI=1S/C27H22NO2P/c29-26(28-27(30)22-13-5-1-6-14-22)21-31(23-15-7-2-8-16-23,24-17-9-3-10-18-24)25-19-11-4-12-20-25/h1-21H,(H,28,29,30). The van der Waals surface area contributed by atoms with Crippen LogP contribution in [0.25, 0.3) is 0 Å². The van der Waals surface area contributed by atoms with Gasteiger partial charge in [0.05, 0.1) is 0 Å². The third-order valence-electron chi connectivity index (χ3n) is 5.07. The Balaban J connectivity index is 1.89. The number of amides is 2. The van der Waals surface area contributed by atoms with Crippen LogP contribution in [0.4, 0.5) is 0 Å². The highest BCUT2D eigenvalue weighted by Crippen LogP contribution is 2.43. The van der Waals surface area contributed by atoms with Crippen LogP contribution in [0.1, 0.15) is 10.4 Å². The van der Waals surface area contributed by atoms with Crippen molar-refractivity contribution in [3.8, 4) is 0 Å². The minimum atomic E-state index is -2.45. The maximum atomic E-state index is 13.2. The van der Waals surface area contributed by atoms with E-state index in [1.165, 1.54) is 0 Å². The lowest BCUT2D eigenvalue weighted by molar-refractivity contribution is -0.113. The molecule has 0 bridgehead atoms. The van der Waals surface area contributed by atoms with E-state index in [1.807, 2.05) is 60.7 Å². The van der Waals surface area contributed by atoms with Crippen LogP contribution < -0.4 is 21.2 Å². The van der Waals surface area contributed by atoms with E-state index >= 15 is 0 Å². The van der Waals surface area contributed by atoms with Crippen LogP contribution in [0.3, 0.4) is 0 Å². The number of hydrogen-bond donors (Lipinski definition) is 1. The minimum Gasteiger partial charge on any atom is -0.289 e. The van der Waals surface area contributed by atoms with Gasteiger partial charge in [0.2, 0.25) is 0 Å². The first-order chi connectivity index (χ1) is 15.2. The molecule has 152 valence electrons. The lowest BCUT2D eigenvalue weighted by Crippen LogP contribution is -2.35. The maximum absolute atomic E-state index is 13.2. The summed E-state index contributed by atoms with van der Waals surface area (Å²) in [4.78, 5) is 25.8. The van der Waals surface area contributed by atoms with Gasteiger partial charge in [-0.05, 0) is 34.9 Å². The quantitative estimate of drug-likeness (QED) is 0.497. The number of benzene rings is 4. The maximum Gasteiger partial charge on any atom is 0.258 e. The predicted octanol–water partition coefficient (Wildman–Crippen LogP) is 3.74. The molecule has 0 aromatic heterocycles. The molecular formula is C27H22NO2P. The number of imide groups is 1. The fourth-order valence-electron chi connectivity index (χ4n) is 3.64. The SMILES string of the molecule is O=C(C=P(c1ccccc1)(c1ccccc1)c1ccccc1)NC(=O)c1ccccc1. The molecule has 0 aliphatic rings. The summed E-state index contributed by atoms with van der Waals surface area (Å²) in [6.45, 7) is -2.45. The largest absolute Gasteiger partial charge is 0.289 e. The Kier molecular flexibility index (Phi) is 6.26. The molecule has 1 N–H and O–H groups in total. The van der Waals surface area contributed by atoms with E-state index < -0.39 is 18.7 Å². The van der Waals surface area contributed by atoms with E-state index in [4.69, 9.17) is 0 Å². The molecule has 0 heterocycles. The summed E-state index contributed by atoms with van der Waals surface area (Å²) in [6.07, 6.45) is 0. The molecule has 4 heteroatoms. The van der Waals surface area contributed by atoms with E-state index in [0.717, 1.165) is 15.9 Å². The zero-order valence-corrected chi connectivity index (χ0v) is 17.8. The molecule has 0 fully saturated rings. The Morgan fingerprint density at radius 1 is 0.548 bits per heavy atom. The number of carbonyl (C=O) groups is 2. The molecule has 0 aliphatic carbocycles. The second-order valence-electron chi connectivity index (χ2n) is 7.04. The lowest BCUT2D eigenvalue weighted by atomic mass is 10.2. The van der Waals surface area contributed by atoms with Crippen molar-refractivity contribution in [2.24, 2.45) is 0 Å². The second kappa shape index (κ2) is 9.42. The summed E-state index contributed by atoms with van der Waals surface area (Å²) < 4.78 is 0. The van der Waals surface area contributed by atoms with Gasteiger partial charge in [0.1, 0.15) is 0 Å². The van der Waals surface area contributed by atoms with E-state index in [9.17, 15) is 9.59 Å². The van der Waals surface area contributed by atoms with Gasteiger partial charge < -0.3 is 0 Å². The van der Waals surface area contributed by atoms with Crippen LogP contribution in [0.15, 0.2) is 121 Å². The third-order valence-corrected chi connectivity index (χ3v) is 9.03. The fourth-order valence-corrected chi connectivity index (χ4v) is 7.33. The lowest BCUT2D eigenvalue weighted by Gasteiger charge is -2.28. The zero-order valence-electron chi connectivity index (χ0n) is 16.9. The van der Waals surface area contributed by atoms with Crippen molar-refractivity contribution in [3.63, 3.8) is 0 Å². The van der Waals surface area contributed by atoms with Gasteiger partial charge >= 0.3 is 0 Å². The molecule has 0 atom stereocenters. The molecule has 0 aliphatic heterocycles. The molecule has 0 saturated heterocycles. The summed E-state index contributed by atoms with van der Waals surface area (Å²) in [5.41, 5.74) is 0.451. The highest BCUT2D eigenvalue weighted by molar-refractivity contribution is 7.95. The van der Waals surface area contributed by atoms with Crippen molar-refractivity contribution in [1.29, 1.82) is 0 Å². The number of hydrogen-bond acceptors (Lipinski definition) is 2. The normalized spacial score (nSPS) is 10.8. The Morgan fingerprint density at radius 2 is 0.903 bits per heavy atom. The molecule has 3 nitrogen and oxygen atoms in total. The Labute approximate surface area is 182 Å². The van der Waals surface area contributed by atoms with Crippen molar-refractivity contribution in [3.05, 3.63) is 127 Å². The summed E-state index contributed by atoms with van der Waals surface area (Å²) in [6, 6.07) is 38.9. The van der Waals surface area contributed by atoms with Crippen LogP contribution in [-0.2, 0) is 4.79 Å². The molecule has 4 aromatic carbocycles. The molecule has 0 saturated carbocycles. The molecule has 4 rings (SSSR count). The van der Waals surface area contributed by atoms with Gasteiger partial charge in [-0.25, -0.2) is 0 Å². The third kappa shape index (κ3) is 4.42. The average Bonchev–Trinajstić information content (AvgIpc) is 2.85. The number of rotatable bonds is 5. The minimum absolute atomic E-state index is 0.404. The monoisotopic (exact) mass is 423 g/mol. The second-order valence-corrected chi connectivity index (χ2v) is 10.3. The first-order valence-electron chi connectivity index (χ1n) is 10.0. The molecule has 0 unspecified atom stereocenters. The van der Waals surface area contributed by atoms with E-state index in [2.05, 4.69) is 41.7 Å². The van der Waals surface area contributed by atoms with Crippen molar-refractivity contribution in [1.82, 2.24) is 5.32 Å². The van der Waals surface area contributed by atoms with Gasteiger partial charge in [-0.1, -0.05) is 109 Å². The molecule has 31 heavy (non-hydrogen) atoms. The molecule has 0 radical (unpaired) electrons. The van der Waals surface area contributed by atoms with Gasteiger partial charge in [0, 0.05) is 11.4 Å². The zero-order chi connectivity index (χ0) is 21.5. The predicted molar refractivity (Wildman–Crippen MR) is 130 cm³/mol. The van der Waals surface area contributed by atoms with Crippen molar-refractivity contribution < 1.29 is 9.59 Å². The number of carbonyl (C=O) groups excluding carboxylic acids is 2. The molecule has 2 amide bonds. The van der Waals surface area contributed by atoms with Crippen molar-refractivity contribution >= 4 is 40.4 Å². The Bertz CT molecular complexity index is 1120. The number of nitrogens with one attached hydrogen (secondary N) is 1. The van der Waals surface area contributed by atoms with Crippen LogP contribution in [0.2, 0.25) is 0 Å². The van der Waals surface area contributed by atoms with Gasteiger partial charge in [-0.2, -0.15) is 0 Å². The van der Waals surface area contributed by atoms with Crippen LogP contribution in [0.5, 0.6) is 0 Å². The van der Waals surface area contributed by atoms with Crippen LogP contribution in [-0.4, -0.2) is 17.6 Å². The molecule has 0 spiro atoms.